The van der Waals surface area contributed by atoms with Crippen LogP contribution < -0.4 is 4.74 Å². The molecule has 0 saturated carbocycles. The number of hydrogen-bond acceptors (Lipinski definition) is 3. The molecule has 0 aliphatic rings. The Morgan fingerprint density at radius 2 is 1.63 bits per heavy atom. The number of rotatable bonds is 3. The Morgan fingerprint density at radius 1 is 1.00 bits per heavy atom. The van der Waals surface area contributed by atoms with E-state index >= 15 is 0 Å². The normalized spacial score (nSPS) is 10.0. The molecule has 0 atom stereocenters. The first kappa shape index (κ1) is 13.3. The van der Waals surface area contributed by atoms with Crippen LogP contribution in [0.4, 0.5) is 0 Å². The van der Waals surface area contributed by atoms with Gasteiger partial charge < -0.3 is 4.74 Å². The largest absolute Gasteiger partial charge is 0.427 e. The van der Waals surface area contributed by atoms with Crippen LogP contribution >= 0.6 is 11.6 Å². The van der Waals surface area contributed by atoms with Gasteiger partial charge in [0.1, 0.15) is 5.75 Å². The van der Waals surface area contributed by atoms with Crippen molar-refractivity contribution in [2.75, 3.05) is 0 Å². The van der Waals surface area contributed by atoms with Crippen LogP contribution in [0.2, 0.25) is 5.02 Å². The molecule has 0 aromatic heterocycles. The third-order valence-corrected chi connectivity index (χ3v) is 2.68. The number of esters is 1. The highest BCUT2D eigenvalue weighted by molar-refractivity contribution is 6.31. The summed E-state index contributed by atoms with van der Waals surface area (Å²) in [7, 11) is 0. The Balaban J connectivity index is 2.31. The third-order valence-electron chi connectivity index (χ3n) is 2.44. The quantitative estimate of drug-likeness (QED) is 0.489. The lowest BCUT2D eigenvalue weighted by Gasteiger charge is -2.05. The van der Waals surface area contributed by atoms with Gasteiger partial charge >= 0.3 is 5.97 Å². The molecule has 2 aromatic carbocycles. The van der Waals surface area contributed by atoms with Gasteiger partial charge in [0, 0.05) is 23.1 Å². The van der Waals surface area contributed by atoms with Crippen LogP contribution in [0.25, 0.3) is 0 Å². The van der Waals surface area contributed by atoms with Crippen molar-refractivity contribution in [2.24, 2.45) is 0 Å². The zero-order chi connectivity index (χ0) is 13.8. The fourth-order valence-electron chi connectivity index (χ4n) is 1.66. The van der Waals surface area contributed by atoms with Gasteiger partial charge in [-0.05, 0) is 24.3 Å². The maximum Gasteiger partial charge on any atom is 0.308 e. The van der Waals surface area contributed by atoms with Crippen molar-refractivity contribution >= 4 is 23.4 Å². The van der Waals surface area contributed by atoms with Gasteiger partial charge in [-0.15, -0.1) is 0 Å². The maximum atomic E-state index is 12.2. The molecule has 0 heterocycles. The Hall–Kier alpha value is -2.13. The number of halogens is 1. The van der Waals surface area contributed by atoms with E-state index in [1.54, 1.807) is 42.5 Å². The molecule has 0 radical (unpaired) electrons. The van der Waals surface area contributed by atoms with Crippen molar-refractivity contribution in [1.82, 2.24) is 0 Å². The molecule has 0 saturated heterocycles. The minimum Gasteiger partial charge on any atom is -0.427 e. The second-order valence-corrected chi connectivity index (χ2v) is 4.40. The van der Waals surface area contributed by atoms with Crippen LogP contribution in [-0.2, 0) is 4.79 Å². The van der Waals surface area contributed by atoms with Crippen LogP contribution in [-0.4, -0.2) is 11.8 Å². The number of ether oxygens (including phenoxy) is 1. The standard InChI is InChI=1S/C15H11ClO3/c1-10(17)19-14-7-3-5-12(9-14)15(18)11-4-2-6-13(16)8-11/h2-9H,1H3. The Kier molecular flexibility index (Phi) is 3.97. The molecule has 2 aromatic rings. The van der Waals surface area contributed by atoms with Crippen molar-refractivity contribution in [3.8, 4) is 5.75 Å². The van der Waals surface area contributed by atoms with E-state index < -0.39 is 5.97 Å². The van der Waals surface area contributed by atoms with Gasteiger partial charge in [-0.25, -0.2) is 0 Å². The molecule has 0 N–H and O–H groups in total. The average Bonchev–Trinajstić information content (AvgIpc) is 2.37. The van der Waals surface area contributed by atoms with Crippen LogP contribution in [0.3, 0.4) is 0 Å². The molecule has 3 nitrogen and oxygen atoms in total. The fourth-order valence-corrected chi connectivity index (χ4v) is 1.85. The summed E-state index contributed by atoms with van der Waals surface area (Å²) in [6.45, 7) is 1.31. The number of ketones is 1. The van der Waals surface area contributed by atoms with Gasteiger partial charge in [-0.3, -0.25) is 9.59 Å². The highest BCUT2D eigenvalue weighted by atomic mass is 35.5. The average molecular weight is 275 g/mol. The highest BCUT2D eigenvalue weighted by Crippen LogP contribution is 2.18. The molecule has 96 valence electrons. The molecule has 0 spiro atoms. The van der Waals surface area contributed by atoms with Crippen molar-refractivity contribution in [1.29, 1.82) is 0 Å². The summed E-state index contributed by atoms with van der Waals surface area (Å²) in [6, 6.07) is 13.2. The summed E-state index contributed by atoms with van der Waals surface area (Å²) in [5, 5.41) is 0.502. The van der Waals surface area contributed by atoms with Gasteiger partial charge in [-0.2, -0.15) is 0 Å². The summed E-state index contributed by atoms with van der Waals surface area (Å²) in [4.78, 5) is 23.1. The predicted octanol–water partition coefficient (Wildman–Crippen LogP) is 3.50. The highest BCUT2D eigenvalue weighted by Gasteiger charge is 2.10. The SMILES string of the molecule is CC(=O)Oc1cccc(C(=O)c2cccc(Cl)c2)c1. The summed E-state index contributed by atoms with van der Waals surface area (Å²) >= 11 is 5.85. The van der Waals surface area contributed by atoms with E-state index in [1.165, 1.54) is 13.0 Å². The first-order valence-electron chi connectivity index (χ1n) is 5.65. The number of hydrogen-bond donors (Lipinski definition) is 0. The van der Waals surface area contributed by atoms with E-state index in [2.05, 4.69) is 0 Å². The zero-order valence-electron chi connectivity index (χ0n) is 10.2. The van der Waals surface area contributed by atoms with Crippen molar-refractivity contribution < 1.29 is 14.3 Å². The third kappa shape index (κ3) is 3.42. The second-order valence-electron chi connectivity index (χ2n) is 3.96. The molecule has 2 rings (SSSR count). The molecule has 0 amide bonds. The van der Waals surface area contributed by atoms with Gasteiger partial charge in [0.2, 0.25) is 0 Å². The summed E-state index contributed by atoms with van der Waals surface area (Å²) in [5.74, 6) is -0.246. The predicted molar refractivity (Wildman–Crippen MR) is 72.6 cm³/mol. The minimum absolute atomic E-state index is 0.170. The van der Waals surface area contributed by atoms with E-state index in [0.717, 1.165) is 0 Å². The maximum absolute atomic E-state index is 12.2. The Morgan fingerprint density at radius 3 is 2.26 bits per heavy atom. The number of carbonyl (C=O) groups is 2. The van der Waals surface area contributed by atoms with Crippen molar-refractivity contribution in [3.05, 3.63) is 64.7 Å². The van der Waals surface area contributed by atoms with E-state index in [1.807, 2.05) is 0 Å². The number of carbonyl (C=O) groups excluding carboxylic acids is 2. The van der Waals surface area contributed by atoms with Crippen molar-refractivity contribution in [2.45, 2.75) is 6.92 Å². The van der Waals surface area contributed by atoms with Crippen LogP contribution in [0.1, 0.15) is 22.8 Å². The molecular formula is C15H11ClO3. The first-order chi connectivity index (χ1) is 9.06. The summed E-state index contributed by atoms with van der Waals surface area (Å²) < 4.78 is 4.95. The minimum atomic E-state index is -0.424. The monoisotopic (exact) mass is 274 g/mol. The van der Waals surface area contributed by atoms with Gasteiger partial charge in [0.05, 0.1) is 0 Å². The Labute approximate surface area is 115 Å². The lowest BCUT2D eigenvalue weighted by molar-refractivity contribution is -0.131. The zero-order valence-corrected chi connectivity index (χ0v) is 11.0. The van der Waals surface area contributed by atoms with Crippen LogP contribution in [0.5, 0.6) is 5.75 Å². The van der Waals surface area contributed by atoms with E-state index in [4.69, 9.17) is 16.3 Å². The van der Waals surface area contributed by atoms with Gasteiger partial charge in [0.15, 0.2) is 5.78 Å². The first-order valence-corrected chi connectivity index (χ1v) is 6.03. The van der Waals surface area contributed by atoms with Crippen LogP contribution in [0.15, 0.2) is 48.5 Å². The summed E-state index contributed by atoms with van der Waals surface area (Å²) in [6.07, 6.45) is 0. The van der Waals surface area contributed by atoms with Gasteiger partial charge in [-0.1, -0.05) is 35.9 Å². The molecule has 0 aliphatic heterocycles. The molecular weight excluding hydrogens is 264 g/mol. The van der Waals surface area contributed by atoms with Gasteiger partial charge in [0.25, 0.3) is 0 Å². The number of benzene rings is 2. The lowest BCUT2D eigenvalue weighted by Crippen LogP contribution is -2.04. The van der Waals surface area contributed by atoms with E-state index in [-0.39, 0.29) is 5.78 Å². The molecule has 4 heteroatoms. The Bertz CT molecular complexity index is 635. The second kappa shape index (κ2) is 5.67. The smallest absolute Gasteiger partial charge is 0.308 e. The molecule has 0 aliphatic carbocycles. The molecule has 0 fully saturated rings. The topological polar surface area (TPSA) is 43.4 Å². The van der Waals surface area contributed by atoms with E-state index in [0.29, 0.717) is 21.9 Å². The van der Waals surface area contributed by atoms with Crippen LogP contribution in [0, 0.1) is 0 Å². The fraction of sp³-hybridized carbons (Fsp3) is 0.0667. The van der Waals surface area contributed by atoms with Crippen molar-refractivity contribution in [3.63, 3.8) is 0 Å². The molecule has 0 unspecified atom stereocenters. The lowest BCUT2D eigenvalue weighted by atomic mass is 10.0. The summed E-state index contributed by atoms with van der Waals surface area (Å²) in [5.41, 5.74) is 0.938. The molecule has 0 bridgehead atoms. The molecule has 19 heavy (non-hydrogen) atoms. The van der Waals surface area contributed by atoms with E-state index in [9.17, 15) is 9.59 Å².